The lowest BCUT2D eigenvalue weighted by atomic mass is 9.78. The molecule has 0 fully saturated rings. The van der Waals surface area contributed by atoms with E-state index in [4.69, 9.17) is 9.97 Å². The maximum absolute atomic E-state index is 12.8. The normalized spacial score (nSPS) is 12.1. The Morgan fingerprint density at radius 1 is 0.360 bits per heavy atom. The van der Waals surface area contributed by atoms with Crippen molar-refractivity contribution in [1.29, 1.82) is 0 Å². The van der Waals surface area contributed by atoms with Crippen molar-refractivity contribution in [3.63, 3.8) is 0 Å². The average Bonchev–Trinajstić information content (AvgIpc) is 3.82. The number of phenols is 1. The SMILES string of the molecule is CC(C)(C)c1cc(-c2cc(-c3ccc(C(C)(C)c4ccccc4)cc3)ccn2)cc(-c2cccc3c2nc(-c2cccc(-c4ccccc4-c4ccccc4)c2O)n3-c2ccc(C(C)(C)C)cc2-c2ccccc2)c1. The molecule has 9 aromatic carbocycles. The van der Waals surface area contributed by atoms with Crippen molar-refractivity contribution in [3.05, 3.63) is 253 Å². The Bertz CT molecular complexity index is 3850. The minimum atomic E-state index is -0.177. The smallest absolute Gasteiger partial charge is 0.149 e. The van der Waals surface area contributed by atoms with E-state index in [-0.39, 0.29) is 22.0 Å². The third kappa shape index (κ3) is 9.38. The molecule has 11 rings (SSSR count). The van der Waals surface area contributed by atoms with E-state index in [1.807, 2.05) is 36.5 Å². The second kappa shape index (κ2) is 19.3. The molecule has 0 unspecified atom stereocenters. The molecule has 0 radical (unpaired) electrons. The summed E-state index contributed by atoms with van der Waals surface area (Å²) in [5.41, 5.74) is 20.1. The van der Waals surface area contributed by atoms with E-state index >= 15 is 0 Å². The fourth-order valence-electron chi connectivity index (χ4n) is 10.6. The molecule has 11 aromatic rings. The van der Waals surface area contributed by atoms with Crippen LogP contribution in [0.1, 0.15) is 77.6 Å². The zero-order chi connectivity index (χ0) is 52.1. The number of nitrogens with zero attached hydrogens (tertiary/aromatic N) is 3. The standard InChI is InChI=1S/C71H63N3O/c1-69(2,3)55-38-39-64(62(46-55)49-24-14-10-15-25-49)74-65-33-21-30-58(66(65)73-68(74)61-32-20-31-60(67(61)75)59-29-19-18-28-57(59)48-22-12-9-13-23-48)51-42-52(44-56(43-51)70(4,5)6)63-45-50(40-41-72-63)47-34-36-54(37-35-47)71(7,8)53-26-16-11-17-27-53/h9-46,75H,1-8H3. The molecule has 0 aliphatic carbocycles. The first kappa shape index (κ1) is 48.7. The molecular weight excluding hydrogens is 911 g/mol. The molecule has 0 bridgehead atoms. The highest BCUT2D eigenvalue weighted by molar-refractivity contribution is 5.99. The summed E-state index contributed by atoms with van der Waals surface area (Å²) in [6.45, 7) is 18.2. The number of benzene rings is 9. The Kier molecular flexibility index (Phi) is 12.6. The van der Waals surface area contributed by atoms with Gasteiger partial charge >= 0.3 is 0 Å². The molecule has 0 spiro atoms. The Morgan fingerprint density at radius 3 is 1.59 bits per heavy atom. The second-order valence-electron chi connectivity index (χ2n) is 22.5. The molecule has 0 atom stereocenters. The Labute approximate surface area is 442 Å². The van der Waals surface area contributed by atoms with E-state index in [0.717, 1.165) is 83.6 Å². The van der Waals surface area contributed by atoms with Crippen molar-refractivity contribution in [2.24, 2.45) is 0 Å². The van der Waals surface area contributed by atoms with Crippen LogP contribution >= 0.6 is 0 Å². The number of hydrogen-bond acceptors (Lipinski definition) is 3. The van der Waals surface area contributed by atoms with Crippen LogP contribution in [0.2, 0.25) is 0 Å². The summed E-state index contributed by atoms with van der Waals surface area (Å²) < 4.78 is 2.27. The molecule has 0 amide bonds. The van der Waals surface area contributed by atoms with Gasteiger partial charge in [0.25, 0.3) is 0 Å². The van der Waals surface area contributed by atoms with Gasteiger partial charge in [0.1, 0.15) is 11.6 Å². The molecule has 4 nitrogen and oxygen atoms in total. The summed E-state index contributed by atoms with van der Waals surface area (Å²) >= 11 is 0. The van der Waals surface area contributed by atoms with Crippen LogP contribution in [0.4, 0.5) is 0 Å². The Morgan fingerprint density at radius 2 is 0.907 bits per heavy atom. The van der Waals surface area contributed by atoms with E-state index in [2.05, 4.69) is 254 Å². The van der Waals surface area contributed by atoms with E-state index in [1.165, 1.54) is 22.3 Å². The predicted molar refractivity (Wildman–Crippen MR) is 315 cm³/mol. The van der Waals surface area contributed by atoms with Gasteiger partial charge in [-0.15, -0.1) is 0 Å². The Hall–Kier alpha value is -8.60. The van der Waals surface area contributed by atoms with Gasteiger partial charge in [-0.3, -0.25) is 9.55 Å². The summed E-state index contributed by atoms with van der Waals surface area (Å²) in [6, 6.07) is 79.6. The number of pyridine rings is 1. The quantitative estimate of drug-likeness (QED) is 0.149. The largest absolute Gasteiger partial charge is 0.507 e. The van der Waals surface area contributed by atoms with Crippen molar-refractivity contribution < 1.29 is 5.11 Å². The highest BCUT2D eigenvalue weighted by atomic mass is 16.3. The number of aromatic nitrogens is 3. The molecule has 1 N–H and O–H groups in total. The molecule has 4 heteroatoms. The van der Waals surface area contributed by atoms with E-state index < -0.39 is 0 Å². The first-order chi connectivity index (χ1) is 36.1. The van der Waals surface area contributed by atoms with Gasteiger partial charge in [-0.25, -0.2) is 4.98 Å². The van der Waals surface area contributed by atoms with Gasteiger partial charge in [-0.05, 0) is 121 Å². The Balaban J connectivity index is 1.10. The highest BCUT2D eigenvalue weighted by Crippen LogP contribution is 2.46. The highest BCUT2D eigenvalue weighted by Gasteiger charge is 2.27. The number of imidazole rings is 1. The molecule has 2 aromatic heterocycles. The van der Waals surface area contributed by atoms with Gasteiger partial charge in [-0.2, -0.15) is 0 Å². The topological polar surface area (TPSA) is 50.9 Å². The summed E-state index contributed by atoms with van der Waals surface area (Å²) in [5, 5.41) is 12.8. The minimum absolute atomic E-state index is 0.0949. The average molecular weight is 974 g/mol. The van der Waals surface area contributed by atoms with Crippen molar-refractivity contribution in [3.8, 4) is 89.7 Å². The predicted octanol–water partition coefficient (Wildman–Crippen LogP) is 18.7. The van der Waals surface area contributed by atoms with E-state index in [1.54, 1.807) is 0 Å². The molecule has 2 heterocycles. The molecule has 0 saturated carbocycles. The van der Waals surface area contributed by atoms with Crippen LogP contribution in [0.5, 0.6) is 5.75 Å². The first-order valence-electron chi connectivity index (χ1n) is 26.1. The molecule has 0 aliphatic heterocycles. The third-order valence-corrected chi connectivity index (χ3v) is 15.1. The molecule has 75 heavy (non-hydrogen) atoms. The van der Waals surface area contributed by atoms with E-state index in [0.29, 0.717) is 11.4 Å². The van der Waals surface area contributed by atoms with Gasteiger partial charge in [-0.1, -0.05) is 231 Å². The van der Waals surface area contributed by atoms with Gasteiger partial charge < -0.3 is 5.11 Å². The monoisotopic (exact) mass is 973 g/mol. The molecular formula is C71H63N3O. The van der Waals surface area contributed by atoms with Crippen LogP contribution in [-0.4, -0.2) is 19.6 Å². The second-order valence-corrected chi connectivity index (χ2v) is 22.5. The number of hydrogen-bond donors (Lipinski definition) is 1. The minimum Gasteiger partial charge on any atom is -0.507 e. The molecule has 368 valence electrons. The summed E-state index contributed by atoms with van der Waals surface area (Å²) in [6.07, 6.45) is 1.93. The first-order valence-corrected chi connectivity index (χ1v) is 26.1. The molecule has 0 saturated heterocycles. The van der Waals surface area contributed by atoms with Gasteiger partial charge in [0, 0.05) is 33.9 Å². The lowest BCUT2D eigenvalue weighted by molar-refractivity contribution is 0.479. The van der Waals surface area contributed by atoms with E-state index in [9.17, 15) is 5.11 Å². The number of aromatic hydroxyl groups is 1. The lowest BCUT2D eigenvalue weighted by Gasteiger charge is -2.26. The van der Waals surface area contributed by atoms with Crippen molar-refractivity contribution in [2.75, 3.05) is 0 Å². The number of rotatable bonds is 10. The lowest BCUT2D eigenvalue weighted by Crippen LogP contribution is -2.18. The van der Waals surface area contributed by atoms with Crippen molar-refractivity contribution >= 4 is 11.0 Å². The maximum Gasteiger partial charge on any atom is 0.149 e. The van der Waals surface area contributed by atoms with Crippen LogP contribution in [0.15, 0.2) is 231 Å². The van der Waals surface area contributed by atoms with Crippen molar-refractivity contribution in [1.82, 2.24) is 14.5 Å². The summed E-state index contributed by atoms with van der Waals surface area (Å²) in [4.78, 5) is 10.7. The number of fused-ring (bicyclic) bond motifs is 1. The summed E-state index contributed by atoms with van der Waals surface area (Å²) in [7, 11) is 0. The molecule has 0 aliphatic rings. The third-order valence-electron chi connectivity index (χ3n) is 15.1. The van der Waals surface area contributed by atoms with Crippen LogP contribution in [0.25, 0.3) is 95.0 Å². The van der Waals surface area contributed by atoms with Crippen LogP contribution < -0.4 is 0 Å². The summed E-state index contributed by atoms with van der Waals surface area (Å²) in [5.74, 6) is 0.818. The van der Waals surface area contributed by atoms with Gasteiger partial charge in [0.2, 0.25) is 0 Å². The van der Waals surface area contributed by atoms with Gasteiger partial charge in [0.05, 0.1) is 28.0 Å². The van der Waals surface area contributed by atoms with Crippen LogP contribution in [-0.2, 0) is 16.2 Å². The zero-order valence-electron chi connectivity index (χ0n) is 44.2. The van der Waals surface area contributed by atoms with Gasteiger partial charge in [0.15, 0.2) is 0 Å². The maximum atomic E-state index is 12.8. The fourth-order valence-corrected chi connectivity index (χ4v) is 10.6. The van der Waals surface area contributed by atoms with Crippen molar-refractivity contribution in [2.45, 2.75) is 71.6 Å². The fraction of sp³-hybridized carbons (Fsp3) is 0.155. The van der Waals surface area contributed by atoms with Crippen LogP contribution in [0, 0.1) is 0 Å². The van der Waals surface area contributed by atoms with Crippen LogP contribution in [0.3, 0.4) is 0 Å². The number of phenolic OH excluding ortho intramolecular Hbond substituents is 1. The number of para-hydroxylation sites is 2. The zero-order valence-corrected chi connectivity index (χ0v) is 44.2.